The molecule has 3 atom stereocenters. The Morgan fingerprint density at radius 3 is 2.75 bits per heavy atom. The summed E-state index contributed by atoms with van der Waals surface area (Å²) in [5.41, 5.74) is 1.63. The molecule has 2 aliphatic rings. The van der Waals surface area contributed by atoms with Crippen LogP contribution >= 0.6 is 0 Å². The summed E-state index contributed by atoms with van der Waals surface area (Å²) in [5.74, 6) is 6.96. The molecule has 2 aromatic rings. The summed E-state index contributed by atoms with van der Waals surface area (Å²) >= 11 is 0. The van der Waals surface area contributed by atoms with Gasteiger partial charge in [0, 0.05) is 42.8 Å². The number of nitrogens with zero attached hydrogens (tertiary/aromatic N) is 3. The van der Waals surface area contributed by atoms with E-state index in [1.54, 1.807) is 36.2 Å². The number of pyridine rings is 1. The Bertz CT molecular complexity index is 1180. The molecule has 8 nitrogen and oxygen atoms in total. The minimum atomic E-state index is -0.385. The molecule has 0 radical (unpaired) electrons. The highest BCUT2D eigenvalue weighted by molar-refractivity contribution is 5.97. The van der Waals surface area contributed by atoms with E-state index < -0.39 is 0 Å². The van der Waals surface area contributed by atoms with E-state index in [-0.39, 0.29) is 48.3 Å². The van der Waals surface area contributed by atoms with Crippen molar-refractivity contribution >= 4 is 11.8 Å². The largest absolute Gasteiger partial charge is 0.497 e. The standard InChI is InChI=1S/C28H33N3O5/c1-18-15-31(19(2)17-32)28(34)24-13-21(9-8-20-6-5-7-23(12-20)35-4)14-29-26(24)36-25(18)16-30(3)27(33)22-10-11-22/h5-7,12-14,18-19,22,25,32H,10-11,15-17H2,1-4H3/t18-,19+,25+/m1/s1. The van der Waals surface area contributed by atoms with E-state index in [4.69, 9.17) is 9.47 Å². The van der Waals surface area contributed by atoms with Crippen LogP contribution in [0.25, 0.3) is 0 Å². The predicted molar refractivity (Wildman–Crippen MR) is 135 cm³/mol. The van der Waals surface area contributed by atoms with Crippen molar-refractivity contribution in [3.8, 4) is 23.5 Å². The van der Waals surface area contributed by atoms with Gasteiger partial charge in [0.1, 0.15) is 17.4 Å². The predicted octanol–water partition coefficient (Wildman–Crippen LogP) is 2.58. The lowest BCUT2D eigenvalue weighted by Crippen LogP contribution is -2.50. The topological polar surface area (TPSA) is 92.2 Å². The minimum absolute atomic E-state index is 0.0834. The molecule has 190 valence electrons. The molecule has 0 spiro atoms. The maximum absolute atomic E-state index is 13.5. The third-order valence-corrected chi connectivity index (χ3v) is 6.70. The lowest BCUT2D eigenvalue weighted by Gasteiger charge is -2.37. The second-order valence-electron chi connectivity index (χ2n) is 9.67. The third kappa shape index (κ3) is 5.80. The molecular formula is C28H33N3O5. The summed E-state index contributed by atoms with van der Waals surface area (Å²) in [7, 11) is 3.39. The van der Waals surface area contributed by atoms with E-state index in [1.807, 2.05) is 38.1 Å². The van der Waals surface area contributed by atoms with Crippen molar-refractivity contribution in [1.29, 1.82) is 0 Å². The number of aliphatic hydroxyl groups excluding tert-OH is 1. The Morgan fingerprint density at radius 1 is 1.31 bits per heavy atom. The van der Waals surface area contributed by atoms with Crippen molar-refractivity contribution in [2.24, 2.45) is 11.8 Å². The molecule has 0 bridgehead atoms. The van der Waals surface area contributed by atoms with Crippen LogP contribution in [0.1, 0.15) is 48.2 Å². The summed E-state index contributed by atoms with van der Waals surface area (Å²) < 4.78 is 11.5. The van der Waals surface area contributed by atoms with Gasteiger partial charge in [-0.25, -0.2) is 4.98 Å². The third-order valence-electron chi connectivity index (χ3n) is 6.70. The summed E-state index contributed by atoms with van der Waals surface area (Å²) in [6, 6.07) is 8.71. The van der Waals surface area contributed by atoms with Crippen LogP contribution in [-0.4, -0.2) is 77.7 Å². The van der Waals surface area contributed by atoms with E-state index in [0.29, 0.717) is 30.0 Å². The molecule has 1 aromatic carbocycles. The van der Waals surface area contributed by atoms with Crippen molar-refractivity contribution in [3.63, 3.8) is 0 Å². The van der Waals surface area contributed by atoms with E-state index in [1.165, 1.54) is 0 Å². The molecule has 0 unspecified atom stereocenters. The number of aliphatic hydroxyl groups is 1. The number of rotatable bonds is 6. The molecule has 1 aliphatic heterocycles. The van der Waals surface area contributed by atoms with Gasteiger partial charge in [-0.2, -0.15) is 0 Å². The summed E-state index contributed by atoms with van der Waals surface area (Å²) in [6.07, 6.45) is 3.09. The maximum Gasteiger partial charge on any atom is 0.259 e. The van der Waals surface area contributed by atoms with Gasteiger partial charge in [-0.15, -0.1) is 0 Å². The van der Waals surface area contributed by atoms with Gasteiger partial charge < -0.3 is 24.4 Å². The first kappa shape index (κ1) is 25.5. The highest BCUT2D eigenvalue weighted by atomic mass is 16.5. The van der Waals surface area contributed by atoms with Gasteiger partial charge in [0.25, 0.3) is 5.91 Å². The molecule has 0 saturated heterocycles. The fourth-order valence-corrected chi connectivity index (χ4v) is 4.24. The molecule has 1 aliphatic carbocycles. The lowest BCUT2D eigenvalue weighted by atomic mass is 9.99. The summed E-state index contributed by atoms with van der Waals surface area (Å²) in [4.78, 5) is 33.9. The first-order valence-corrected chi connectivity index (χ1v) is 12.3. The maximum atomic E-state index is 13.5. The van der Waals surface area contributed by atoms with Gasteiger partial charge in [-0.05, 0) is 44.0 Å². The van der Waals surface area contributed by atoms with Crippen LogP contribution in [0.2, 0.25) is 0 Å². The Balaban J connectivity index is 1.65. The second kappa shape index (κ2) is 11.0. The average Bonchev–Trinajstić information content (AvgIpc) is 3.74. The smallest absolute Gasteiger partial charge is 0.259 e. The Hall–Kier alpha value is -3.57. The zero-order chi connectivity index (χ0) is 25.8. The van der Waals surface area contributed by atoms with Crippen molar-refractivity contribution in [3.05, 3.63) is 53.2 Å². The molecular weight excluding hydrogens is 458 g/mol. The molecule has 36 heavy (non-hydrogen) atoms. The molecule has 2 amide bonds. The SMILES string of the molecule is COc1cccc(C#Cc2cnc3c(c2)C(=O)N([C@@H](C)CO)C[C@@H](C)[C@H](CN(C)C(=O)C2CC2)O3)c1. The number of benzene rings is 1. The normalized spacial score (nSPS) is 20.1. The van der Waals surface area contributed by atoms with Crippen molar-refractivity contribution in [2.75, 3.05) is 33.9 Å². The molecule has 8 heteroatoms. The quantitative estimate of drug-likeness (QED) is 0.625. The van der Waals surface area contributed by atoms with Crippen LogP contribution in [-0.2, 0) is 4.79 Å². The molecule has 2 heterocycles. The highest BCUT2D eigenvalue weighted by Gasteiger charge is 2.37. The molecule has 1 fully saturated rings. The van der Waals surface area contributed by atoms with Crippen LogP contribution in [0.3, 0.4) is 0 Å². The van der Waals surface area contributed by atoms with E-state index in [2.05, 4.69) is 16.8 Å². The number of hydrogen-bond acceptors (Lipinski definition) is 6. The van der Waals surface area contributed by atoms with Crippen LogP contribution in [0.5, 0.6) is 11.6 Å². The first-order valence-electron chi connectivity index (χ1n) is 12.3. The number of amides is 2. The van der Waals surface area contributed by atoms with E-state index in [0.717, 1.165) is 18.4 Å². The monoisotopic (exact) mass is 491 g/mol. The van der Waals surface area contributed by atoms with Crippen molar-refractivity contribution in [2.45, 2.75) is 38.8 Å². The van der Waals surface area contributed by atoms with Gasteiger partial charge >= 0.3 is 0 Å². The molecule has 4 rings (SSSR count). The number of carbonyl (C=O) groups is 2. The van der Waals surface area contributed by atoms with Crippen LogP contribution < -0.4 is 9.47 Å². The zero-order valence-corrected chi connectivity index (χ0v) is 21.2. The fraction of sp³-hybridized carbons (Fsp3) is 0.464. The number of ether oxygens (including phenoxy) is 2. The lowest BCUT2D eigenvalue weighted by molar-refractivity contribution is -0.132. The number of carbonyl (C=O) groups excluding carboxylic acids is 2. The molecule has 1 saturated carbocycles. The number of likely N-dealkylation sites (N-methyl/N-ethyl adjacent to an activating group) is 1. The van der Waals surface area contributed by atoms with E-state index >= 15 is 0 Å². The fourth-order valence-electron chi connectivity index (χ4n) is 4.24. The zero-order valence-electron chi connectivity index (χ0n) is 21.2. The van der Waals surface area contributed by atoms with Crippen LogP contribution in [0.15, 0.2) is 36.5 Å². The molecule has 1 N–H and O–H groups in total. The van der Waals surface area contributed by atoms with Crippen molar-refractivity contribution in [1.82, 2.24) is 14.8 Å². The van der Waals surface area contributed by atoms with Gasteiger partial charge in [0.2, 0.25) is 11.8 Å². The van der Waals surface area contributed by atoms with Gasteiger partial charge in [-0.3, -0.25) is 9.59 Å². The minimum Gasteiger partial charge on any atom is -0.497 e. The number of methoxy groups -OCH3 is 1. The van der Waals surface area contributed by atoms with Gasteiger partial charge in [0.05, 0.1) is 26.3 Å². The highest BCUT2D eigenvalue weighted by Crippen LogP contribution is 2.32. The van der Waals surface area contributed by atoms with Crippen LogP contribution in [0, 0.1) is 23.7 Å². The van der Waals surface area contributed by atoms with E-state index in [9.17, 15) is 14.7 Å². The average molecular weight is 492 g/mol. The Kier molecular flexibility index (Phi) is 7.80. The van der Waals surface area contributed by atoms with Crippen LogP contribution in [0.4, 0.5) is 0 Å². The number of aromatic nitrogens is 1. The summed E-state index contributed by atoms with van der Waals surface area (Å²) in [5, 5.41) is 9.83. The Labute approximate surface area is 212 Å². The summed E-state index contributed by atoms with van der Waals surface area (Å²) in [6.45, 7) is 4.41. The first-order chi connectivity index (χ1) is 17.3. The number of hydrogen-bond donors (Lipinski definition) is 1. The Morgan fingerprint density at radius 2 is 2.06 bits per heavy atom. The molecule has 1 aromatic heterocycles. The van der Waals surface area contributed by atoms with Gasteiger partial charge in [-0.1, -0.05) is 24.8 Å². The van der Waals surface area contributed by atoms with Gasteiger partial charge in [0.15, 0.2) is 0 Å². The number of fused-ring (bicyclic) bond motifs is 1. The van der Waals surface area contributed by atoms with Crippen molar-refractivity contribution < 1.29 is 24.2 Å². The second-order valence-corrected chi connectivity index (χ2v) is 9.67.